The van der Waals surface area contributed by atoms with Crippen molar-refractivity contribution >= 4 is 11.8 Å². The number of benzene rings is 3. The van der Waals surface area contributed by atoms with Crippen molar-refractivity contribution in [2.24, 2.45) is 5.92 Å². The second-order valence-electron chi connectivity index (χ2n) is 8.45. The summed E-state index contributed by atoms with van der Waals surface area (Å²) in [5.41, 5.74) is 2.54. The number of rotatable bonds is 10. The van der Waals surface area contributed by atoms with E-state index in [1.807, 2.05) is 68.4 Å². The smallest absolute Gasteiger partial charge is 0.247 e. The van der Waals surface area contributed by atoms with Gasteiger partial charge >= 0.3 is 0 Å². The van der Waals surface area contributed by atoms with Gasteiger partial charge in [-0.15, -0.1) is 0 Å². The van der Waals surface area contributed by atoms with Gasteiger partial charge in [0.15, 0.2) is 0 Å². The average Bonchev–Trinajstić information content (AvgIpc) is 2.85. The summed E-state index contributed by atoms with van der Waals surface area (Å²) in [5, 5.41) is 3.00. The van der Waals surface area contributed by atoms with Crippen LogP contribution in [-0.4, -0.2) is 30.4 Å². The lowest BCUT2D eigenvalue weighted by Crippen LogP contribution is -2.45. The third kappa shape index (κ3) is 6.67. The molecule has 0 aliphatic rings. The second-order valence-corrected chi connectivity index (χ2v) is 8.45. The molecule has 0 heterocycles. The molecule has 1 atom stereocenters. The van der Waals surface area contributed by atoms with Crippen LogP contribution in [0.15, 0.2) is 78.9 Å². The van der Waals surface area contributed by atoms with Crippen LogP contribution in [0.3, 0.4) is 0 Å². The van der Waals surface area contributed by atoms with Gasteiger partial charge in [-0.2, -0.15) is 0 Å². The Balaban J connectivity index is 1.83. The average molecular weight is 463 g/mol. The van der Waals surface area contributed by atoms with Crippen LogP contribution < -0.4 is 10.1 Å². The topological polar surface area (TPSA) is 58.6 Å². The van der Waals surface area contributed by atoms with Crippen LogP contribution in [0.5, 0.6) is 5.75 Å². The Hall–Kier alpha value is -3.67. The summed E-state index contributed by atoms with van der Waals surface area (Å²) >= 11 is 0. The third-order valence-electron chi connectivity index (χ3n) is 5.59. The predicted molar refractivity (Wildman–Crippen MR) is 131 cm³/mol. The molecule has 6 heteroatoms. The van der Waals surface area contributed by atoms with Gasteiger partial charge in [-0.3, -0.25) is 9.59 Å². The molecule has 0 aliphatic heterocycles. The maximum absolute atomic E-state index is 13.5. The van der Waals surface area contributed by atoms with Gasteiger partial charge < -0.3 is 15.0 Å². The first-order valence-electron chi connectivity index (χ1n) is 11.4. The lowest BCUT2D eigenvalue weighted by atomic mass is 10.0. The molecule has 3 rings (SSSR count). The van der Waals surface area contributed by atoms with E-state index in [4.69, 9.17) is 4.74 Å². The van der Waals surface area contributed by atoms with Crippen molar-refractivity contribution in [2.75, 3.05) is 13.7 Å². The summed E-state index contributed by atoms with van der Waals surface area (Å²) in [6.07, 6.45) is 0.646. The molecule has 0 saturated carbocycles. The Labute approximate surface area is 200 Å². The summed E-state index contributed by atoms with van der Waals surface area (Å²) in [7, 11) is 1.62. The molecule has 0 aromatic heterocycles. The Morgan fingerprint density at radius 3 is 2.12 bits per heavy atom. The number of amides is 2. The molecule has 1 unspecified atom stereocenters. The van der Waals surface area contributed by atoms with E-state index in [0.717, 1.165) is 22.4 Å². The van der Waals surface area contributed by atoms with Crippen molar-refractivity contribution in [3.63, 3.8) is 0 Å². The largest absolute Gasteiger partial charge is 0.497 e. The first-order valence-corrected chi connectivity index (χ1v) is 11.4. The number of carbonyl (C=O) groups is 2. The first kappa shape index (κ1) is 25.0. The molecule has 1 N–H and O–H groups in total. The molecule has 3 aromatic rings. The van der Waals surface area contributed by atoms with Crippen molar-refractivity contribution < 1.29 is 18.7 Å². The van der Waals surface area contributed by atoms with E-state index < -0.39 is 6.04 Å². The monoisotopic (exact) mass is 462 g/mol. The molecule has 178 valence electrons. The van der Waals surface area contributed by atoms with Crippen LogP contribution in [-0.2, 0) is 22.6 Å². The SMILES string of the molecule is COc1ccc(CCNC(=O)C(c2ccccc2)N(Cc2ccc(F)cc2)C(=O)C(C)C)cc1. The molecule has 0 aliphatic carbocycles. The normalized spacial score (nSPS) is 11.7. The molecule has 3 aromatic carbocycles. The summed E-state index contributed by atoms with van der Waals surface area (Å²) in [4.78, 5) is 28.3. The van der Waals surface area contributed by atoms with Crippen molar-refractivity contribution in [1.29, 1.82) is 0 Å². The van der Waals surface area contributed by atoms with Crippen LogP contribution >= 0.6 is 0 Å². The van der Waals surface area contributed by atoms with Gasteiger partial charge in [0.25, 0.3) is 0 Å². The minimum atomic E-state index is -0.808. The Bertz CT molecular complexity index is 1070. The Kier molecular flexibility index (Phi) is 8.79. The minimum Gasteiger partial charge on any atom is -0.497 e. The van der Waals surface area contributed by atoms with Crippen molar-refractivity contribution in [2.45, 2.75) is 32.9 Å². The van der Waals surface area contributed by atoms with E-state index in [9.17, 15) is 14.0 Å². The summed E-state index contributed by atoms with van der Waals surface area (Å²) < 4.78 is 18.6. The maximum Gasteiger partial charge on any atom is 0.247 e. The molecular formula is C28H31FN2O3. The number of carbonyl (C=O) groups excluding carboxylic acids is 2. The standard InChI is InChI=1S/C28H31FN2O3/c1-20(2)28(33)31(19-22-9-13-24(29)14-10-22)26(23-7-5-4-6-8-23)27(32)30-18-17-21-11-15-25(34-3)16-12-21/h4-16,20,26H,17-19H2,1-3H3,(H,30,32). The molecule has 0 fully saturated rings. The number of nitrogens with one attached hydrogen (secondary N) is 1. The van der Waals surface area contributed by atoms with Crippen LogP contribution in [0, 0.1) is 11.7 Å². The fourth-order valence-corrected chi connectivity index (χ4v) is 3.74. The number of hydrogen-bond donors (Lipinski definition) is 1. The van der Waals surface area contributed by atoms with E-state index >= 15 is 0 Å². The minimum absolute atomic E-state index is 0.150. The highest BCUT2D eigenvalue weighted by Gasteiger charge is 2.32. The lowest BCUT2D eigenvalue weighted by molar-refractivity contribution is -0.144. The quantitative estimate of drug-likeness (QED) is 0.465. The van der Waals surface area contributed by atoms with Crippen LogP contribution in [0.25, 0.3) is 0 Å². The van der Waals surface area contributed by atoms with Crippen molar-refractivity contribution in [1.82, 2.24) is 10.2 Å². The highest BCUT2D eigenvalue weighted by molar-refractivity contribution is 5.89. The van der Waals surface area contributed by atoms with E-state index in [1.54, 1.807) is 24.1 Å². The zero-order chi connectivity index (χ0) is 24.5. The van der Waals surface area contributed by atoms with Gasteiger partial charge in [-0.1, -0.05) is 68.4 Å². The second kappa shape index (κ2) is 12.0. The molecule has 0 spiro atoms. The van der Waals surface area contributed by atoms with E-state index in [0.29, 0.717) is 13.0 Å². The number of nitrogens with zero attached hydrogens (tertiary/aromatic N) is 1. The van der Waals surface area contributed by atoms with Crippen LogP contribution in [0.2, 0.25) is 0 Å². The highest BCUT2D eigenvalue weighted by atomic mass is 19.1. The fraction of sp³-hybridized carbons (Fsp3) is 0.286. The van der Waals surface area contributed by atoms with Crippen molar-refractivity contribution in [3.8, 4) is 5.75 Å². The predicted octanol–water partition coefficient (Wildman–Crippen LogP) is 4.92. The number of ether oxygens (including phenoxy) is 1. The van der Waals surface area contributed by atoms with Gasteiger partial charge in [0.05, 0.1) is 7.11 Å². The molecule has 5 nitrogen and oxygen atoms in total. The zero-order valence-electron chi connectivity index (χ0n) is 19.8. The maximum atomic E-state index is 13.5. The lowest BCUT2D eigenvalue weighted by Gasteiger charge is -2.33. The zero-order valence-corrected chi connectivity index (χ0v) is 19.8. The van der Waals surface area contributed by atoms with E-state index in [-0.39, 0.29) is 30.1 Å². The van der Waals surface area contributed by atoms with Gasteiger partial charge in [0.1, 0.15) is 17.6 Å². The Morgan fingerprint density at radius 1 is 0.912 bits per heavy atom. The summed E-state index contributed by atoms with van der Waals surface area (Å²) in [6, 6.07) is 22.1. The van der Waals surface area contributed by atoms with E-state index in [1.165, 1.54) is 12.1 Å². The fourth-order valence-electron chi connectivity index (χ4n) is 3.74. The third-order valence-corrected chi connectivity index (χ3v) is 5.59. The number of halogens is 1. The Morgan fingerprint density at radius 2 is 1.53 bits per heavy atom. The number of hydrogen-bond acceptors (Lipinski definition) is 3. The van der Waals surface area contributed by atoms with Crippen LogP contribution in [0.4, 0.5) is 4.39 Å². The molecule has 0 radical (unpaired) electrons. The van der Waals surface area contributed by atoms with Gasteiger partial charge in [0, 0.05) is 19.0 Å². The van der Waals surface area contributed by atoms with E-state index in [2.05, 4.69) is 5.32 Å². The van der Waals surface area contributed by atoms with Gasteiger partial charge in [-0.05, 0) is 47.4 Å². The molecular weight excluding hydrogens is 431 g/mol. The first-order chi connectivity index (χ1) is 16.4. The molecule has 0 saturated heterocycles. The van der Waals surface area contributed by atoms with Crippen LogP contribution in [0.1, 0.15) is 36.6 Å². The molecule has 0 bridgehead atoms. The summed E-state index contributed by atoms with van der Waals surface area (Å²) in [5.74, 6) is -0.278. The van der Waals surface area contributed by atoms with Crippen molar-refractivity contribution in [3.05, 3.63) is 101 Å². The summed E-state index contributed by atoms with van der Waals surface area (Å²) in [6.45, 7) is 4.24. The molecule has 2 amide bonds. The highest BCUT2D eigenvalue weighted by Crippen LogP contribution is 2.26. The van der Waals surface area contributed by atoms with Gasteiger partial charge in [0.2, 0.25) is 11.8 Å². The number of methoxy groups -OCH3 is 1. The van der Waals surface area contributed by atoms with Gasteiger partial charge in [-0.25, -0.2) is 4.39 Å². The molecule has 34 heavy (non-hydrogen) atoms.